The average molecular weight is 356 g/mol. The highest BCUT2D eigenvalue weighted by Gasteiger charge is 2.68. The SMILES string of the molecule is Cc1ccc(OCC(=O)N2N=C3CCCC[C@@H]3[C@@]2(O)C(F)(F)F)cc1. The quantitative estimate of drug-likeness (QED) is 0.906. The lowest BCUT2D eigenvalue weighted by Crippen LogP contribution is -2.62. The van der Waals surface area contributed by atoms with Crippen molar-refractivity contribution in [2.45, 2.75) is 44.5 Å². The number of nitrogens with zero attached hydrogens (tertiary/aromatic N) is 2. The maximum atomic E-state index is 13.6. The van der Waals surface area contributed by atoms with E-state index in [9.17, 15) is 23.1 Å². The number of fused-ring (bicyclic) bond motifs is 1. The Morgan fingerprint density at radius 1 is 1.36 bits per heavy atom. The maximum absolute atomic E-state index is 13.6. The molecule has 1 aromatic carbocycles. The Balaban J connectivity index is 1.79. The third-order valence-corrected chi connectivity index (χ3v) is 4.65. The van der Waals surface area contributed by atoms with E-state index in [0.717, 1.165) is 5.56 Å². The zero-order chi connectivity index (χ0) is 18.2. The van der Waals surface area contributed by atoms with E-state index in [2.05, 4.69) is 5.10 Å². The summed E-state index contributed by atoms with van der Waals surface area (Å²) >= 11 is 0. The summed E-state index contributed by atoms with van der Waals surface area (Å²) in [7, 11) is 0. The smallest absolute Gasteiger partial charge is 0.439 e. The third-order valence-electron chi connectivity index (χ3n) is 4.65. The predicted octanol–water partition coefficient (Wildman–Crippen LogP) is 3.01. The van der Waals surface area contributed by atoms with E-state index in [1.54, 1.807) is 24.3 Å². The number of aryl methyl sites for hydroxylation is 1. The average Bonchev–Trinajstić information content (AvgIpc) is 2.89. The molecule has 1 aromatic rings. The van der Waals surface area contributed by atoms with Crippen LogP contribution in [0.2, 0.25) is 0 Å². The number of alkyl halides is 3. The van der Waals surface area contributed by atoms with Crippen LogP contribution >= 0.6 is 0 Å². The monoisotopic (exact) mass is 356 g/mol. The largest absolute Gasteiger partial charge is 0.484 e. The molecule has 1 fully saturated rings. The number of carbonyl (C=O) groups excluding carboxylic acids is 1. The standard InChI is InChI=1S/C17H19F3N2O3/c1-11-6-8-12(9-7-11)25-10-15(23)22-16(24,17(18,19)20)13-4-2-3-5-14(13)21-22/h6-9,13,24H,2-5,10H2,1H3/t13-,16+/m0/s1. The highest BCUT2D eigenvalue weighted by Crippen LogP contribution is 2.48. The number of hydrogen-bond donors (Lipinski definition) is 1. The second kappa shape index (κ2) is 6.33. The number of rotatable bonds is 3. The van der Waals surface area contributed by atoms with Gasteiger partial charge in [-0.05, 0) is 38.3 Å². The van der Waals surface area contributed by atoms with Crippen molar-refractivity contribution in [2.24, 2.45) is 11.0 Å². The molecule has 0 spiro atoms. The summed E-state index contributed by atoms with van der Waals surface area (Å²) in [6.07, 6.45) is -3.24. The molecular weight excluding hydrogens is 337 g/mol. The van der Waals surface area contributed by atoms with Gasteiger partial charge in [0.05, 0.1) is 5.92 Å². The minimum Gasteiger partial charge on any atom is -0.484 e. The Bertz CT molecular complexity index is 687. The van der Waals surface area contributed by atoms with Crippen LogP contribution in [-0.2, 0) is 4.79 Å². The Hall–Kier alpha value is -2.09. The fourth-order valence-corrected chi connectivity index (χ4v) is 3.31. The summed E-state index contributed by atoms with van der Waals surface area (Å²) in [5, 5.41) is 14.4. The van der Waals surface area contributed by atoms with Crippen LogP contribution in [0.1, 0.15) is 31.2 Å². The molecule has 1 saturated carbocycles. The van der Waals surface area contributed by atoms with Gasteiger partial charge in [0.1, 0.15) is 5.75 Å². The van der Waals surface area contributed by atoms with E-state index in [1.165, 1.54) is 0 Å². The van der Waals surface area contributed by atoms with Crippen LogP contribution in [0.5, 0.6) is 5.75 Å². The van der Waals surface area contributed by atoms with E-state index in [4.69, 9.17) is 4.74 Å². The molecule has 0 bridgehead atoms. The zero-order valence-corrected chi connectivity index (χ0v) is 13.7. The number of carbonyl (C=O) groups is 1. The molecule has 0 unspecified atom stereocenters. The summed E-state index contributed by atoms with van der Waals surface area (Å²) < 4.78 is 46.0. The molecule has 2 aliphatic rings. The summed E-state index contributed by atoms with van der Waals surface area (Å²) in [5.74, 6) is -1.87. The highest BCUT2D eigenvalue weighted by molar-refractivity contribution is 5.93. The van der Waals surface area contributed by atoms with Crippen molar-refractivity contribution < 1.29 is 27.8 Å². The van der Waals surface area contributed by atoms with Gasteiger partial charge < -0.3 is 9.84 Å². The predicted molar refractivity (Wildman–Crippen MR) is 83.9 cm³/mol. The molecule has 0 saturated heterocycles. The Morgan fingerprint density at radius 3 is 2.68 bits per heavy atom. The van der Waals surface area contributed by atoms with Gasteiger partial charge in [-0.1, -0.05) is 24.1 Å². The van der Waals surface area contributed by atoms with E-state index >= 15 is 0 Å². The fourth-order valence-electron chi connectivity index (χ4n) is 3.31. The minimum atomic E-state index is -5.00. The molecular formula is C17H19F3N2O3. The van der Waals surface area contributed by atoms with Crippen molar-refractivity contribution in [3.8, 4) is 5.75 Å². The van der Waals surface area contributed by atoms with Crippen molar-refractivity contribution in [1.29, 1.82) is 0 Å². The molecule has 1 N–H and O–H groups in total. The summed E-state index contributed by atoms with van der Waals surface area (Å²) in [4.78, 5) is 12.3. The fraction of sp³-hybridized carbons (Fsp3) is 0.529. The lowest BCUT2D eigenvalue weighted by molar-refractivity contribution is -0.317. The van der Waals surface area contributed by atoms with Gasteiger partial charge in [-0.3, -0.25) is 4.79 Å². The number of amides is 1. The van der Waals surface area contributed by atoms with Gasteiger partial charge in [-0.2, -0.15) is 23.3 Å². The first kappa shape index (κ1) is 17.7. The van der Waals surface area contributed by atoms with Crippen molar-refractivity contribution in [1.82, 2.24) is 5.01 Å². The molecule has 1 heterocycles. The second-order valence-corrected chi connectivity index (χ2v) is 6.42. The zero-order valence-electron chi connectivity index (χ0n) is 13.7. The lowest BCUT2D eigenvalue weighted by atomic mass is 9.80. The molecule has 0 aromatic heterocycles. The molecule has 8 heteroatoms. The van der Waals surface area contributed by atoms with Crippen LogP contribution in [0.3, 0.4) is 0 Å². The molecule has 1 aliphatic heterocycles. The topological polar surface area (TPSA) is 62.1 Å². The third kappa shape index (κ3) is 3.10. The van der Waals surface area contributed by atoms with Gasteiger partial charge >= 0.3 is 6.18 Å². The van der Waals surface area contributed by atoms with Crippen LogP contribution in [-0.4, -0.2) is 40.2 Å². The lowest BCUT2D eigenvalue weighted by Gasteiger charge is -2.38. The summed E-state index contributed by atoms with van der Waals surface area (Å²) in [5.41, 5.74) is -2.08. The van der Waals surface area contributed by atoms with E-state index in [1.807, 2.05) is 6.92 Å². The minimum absolute atomic E-state index is 0.150. The molecule has 3 rings (SSSR count). The molecule has 0 radical (unpaired) electrons. The Morgan fingerprint density at radius 2 is 2.04 bits per heavy atom. The first-order valence-electron chi connectivity index (χ1n) is 8.12. The van der Waals surface area contributed by atoms with Crippen LogP contribution < -0.4 is 4.74 Å². The van der Waals surface area contributed by atoms with Crippen molar-refractivity contribution in [3.63, 3.8) is 0 Å². The number of hydrogen-bond acceptors (Lipinski definition) is 4. The van der Waals surface area contributed by atoms with Gasteiger partial charge in [-0.25, -0.2) is 0 Å². The molecule has 5 nitrogen and oxygen atoms in total. The van der Waals surface area contributed by atoms with Gasteiger partial charge in [0.25, 0.3) is 11.6 Å². The highest BCUT2D eigenvalue weighted by atomic mass is 19.4. The first-order valence-corrected chi connectivity index (χ1v) is 8.12. The number of benzene rings is 1. The van der Waals surface area contributed by atoms with Crippen LogP contribution in [0.4, 0.5) is 13.2 Å². The van der Waals surface area contributed by atoms with Crippen molar-refractivity contribution in [2.75, 3.05) is 6.61 Å². The van der Waals surface area contributed by atoms with Crippen molar-refractivity contribution >= 4 is 11.6 Å². The maximum Gasteiger partial charge on any atom is 0.439 e. The molecule has 25 heavy (non-hydrogen) atoms. The van der Waals surface area contributed by atoms with Crippen LogP contribution in [0.15, 0.2) is 29.4 Å². The van der Waals surface area contributed by atoms with E-state index in [0.29, 0.717) is 25.0 Å². The van der Waals surface area contributed by atoms with Crippen LogP contribution in [0.25, 0.3) is 0 Å². The summed E-state index contributed by atoms with van der Waals surface area (Å²) in [6.45, 7) is 1.24. The second-order valence-electron chi connectivity index (χ2n) is 6.42. The van der Waals surface area contributed by atoms with E-state index < -0.39 is 30.3 Å². The van der Waals surface area contributed by atoms with Crippen molar-refractivity contribution in [3.05, 3.63) is 29.8 Å². The van der Waals surface area contributed by atoms with Gasteiger partial charge in [0.2, 0.25) is 0 Å². The van der Waals surface area contributed by atoms with Gasteiger partial charge in [0, 0.05) is 5.71 Å². The molecule has 1 aliphatic carbocycles. The molecule has 2 atom stereocenters. The number of aliphatic hydroxyl groups is 1. The number of halogens is 3. The van der Waals surface area contributed by atoms with E-state index in [-0.39, 0.29) is 17.1 Å². The van der Waals surface area contributed by atoms with Gasteiger partial charge in [0.15, 0.2) is 6.61 Å². The number of ether oxygens (including phenoxy) is 1. The number of hydrazone groups is 1. The Labute approximate surface area is 143 Å². The van der Waals surface area contributed by atoms with Crippen LogP contribution in [0, 0.1) is 12.8 Å². The Kier molecular flexibility index (Phi) is 4.49. The first-order chi connectivity index (χ1) is 11.7. The molecule has 1 amide bonds. The van der Waals surface area contributed by atoms with Gasteiger partial charge in [-0.15, -0.1) is 0 Å². The normalized spacial score (nSPS) is 26.2. The summed E-state index contributed by atoms with van der Waals surface area (Å²) in [6, 6.07) is 6.76. The molecule has 136 valence electrons.